The van der Waals surface area contributed by atoms with E-state index in [0.29, 0.717) is 12.2 Å². The molecule has 1 N–H and O–H groups in total. The number of hydrogen-bond donors (Lipinski definition) is 1. The molecule has 1 aromatic heterocycles. The number of benzene rings is 1. The van der Waals surface area contributed by atoms with Crippen LogP contribution in [0.4, 0.5) is 5.82 Å². The second-order valence-electron chi connectivity index (χ2n) is 6.05. The van der Waals surface area contributed by atoms with Gasteiger partial charge in [0.05, 0.1) is 17.9 Å². The lowest BCUT2D eigenvalue weighted by Crippen LogP contribution is -2.43. The summed E-state index contributed by atoms with van der Waals surface area (Å²) in [4.78, 5) is 7.34. The Morgan fingerprint density at radius 2 is 2.00 bits per heavy atom. The minimum absolute atomic E-state index is 0.386. The molecule has 0 aliphatic carbocycles. The molecule has 2 atom stereocenters. The summed E-state index contributed by atoms with van der Waals surface area (Å²) in [6, 6.07) is 10.7. The molecular weight excluding hydrogens is 262 g/mol. The van der Waals surface area contributed by atoms with Crippen molar-refractivity contribution in [3.63, 3.8) is 0 Å². The highest BCUT2D eigenvalue weighted by atomic mass is 16.5. The Kier molecular flexibility index (Phi) is 3.28. The molecule has 0 amide bonds. The number of pyridine rings is 1. The van der Waals surface area contributed by atoms with Crippen LogP contribution in [0.1, 0.15) is 18.5 Å². The first kappa shape index (κ1) is 13.0. The van der Waals surface area contributed by atoms with Crippen molar-refractivity contribution in [1.82, 2.24) is 10.3 Å². The molecule has 0 spiro atoms. The number of nitrogens with one attached hydrogen (secondary N) is 1. The summed E-state index contributed by atoms with van der Waals surface area (Å²) in [7, 11) is 1.96. The van der Waals surface area contributed by atoms with Crippen LogP contribution in [0.5, 0.6) is 0 Å². The number of rotatable bonds is 3. The molecule has 2 bridgehead atoms. The Hall–Kier alpha value is -1.65. The number of nitrogens with zero attached hydrogens (tertiary/aromatic N) is 2. The van der Waals surface area contributed by atoms with Crippen LogP contribution < -0.4 is 10.2 Å². The number of ether oxygens (including phenoxy) is 1. The maximum Gasteiger partial charge on any atom is 0.136 e. The zero-order valence-corrected chi connectivity index (χ0v) is 12.4. The average Bonchev–Trinajstić information content (AvgIpc) is 2.85. The molecule has 2 saturated heterocycles. The molecule has 0 radical (unpaired) electrons. The molecule has 2 fully saturated rings. The van der Waals surface area contributed by atoms with Crippen LogP contribution in [0.15, 0.2) is 30.3 Å². The van der Waals surface area contributed by atoms with E-state index >= 15 is 0 Å². The van der Waals surface area contributed by atoms with Gasteiger partial charge in [-0.15, -0.1) is 0 Å². The van der Waals surface area contributed by atoms with Gasteiger partial charge in [-0.05, 0) is 31.3 Å². The van der Waals surface area contributed by atoms with Crippen molar-refractivity contribution in [2.75, 3.05) is 25.0 Å². The Morgan fingerprint density at radius 1 is 1.24 bits per heavy atom. The van der Waals surface area contributed by atoms with Crippen molar-refractivity contribution in [3.8, 4) is 0 Å². The van der Waals surface area contributed by atoms with Gasteiger partial charge >= 0.3 is 0 Å². The third kappa shape index (κ3) is 2.39. The van der Waals surface area contributed by atoms with Crippen LogP contribution in [0.2, 0.25) is 0 Å². The summed E-state index contributed by atoms with van der Waals surface area (Å²) < 4.78 is 5.96. The molecule has 2 aliphatic heterocycles. The van der Waals surface area contributed by atoms with E-state index in [2.05, 4.69) is 40.5 Å². The number of aromatic nitrogens is 1. The second kappa shape index (κ2) is 5.28. The normalized spacial score (nSPS) is 24.7. The van der Waals surface area contributed by atoms with Gasteiger partial charge < -0.3 is 15.0 Å². The number of anilines is 1. The van der Waals surface area contributed by atoms with Gasteiger partial charge in [-0.2, -0.15) is 0 Å². The van der Waals surface area contributed by atoms with Gasteiger partial charge in [0.25, 0.3) is 0 Å². The van der Waals surface area contributed by atoms with Gasteiger partial charge in [0.2, 0.25) is 0 Å². The summed E-state index contributed by atoms with van der Waals surface area (Å²) in [5, 5.41) is 5.72. The Morgan fingerprint density at radius 3 is 2.76 bits per heavy atom. The SMILES string of the molecule is CNCc1cc2ccccc2c(N2CC3CCC(C2)O3)n1. The molecule has 4 heteroatoms. The molecule has 1 aromatic carbocycles. The fourth-order valence-electron chi connectivity index (χ4n) is 3.54. The average molecular weight is 283 g/mol. The standard InChI is InChI=1S/C17H21N3O/c1-18-9-13-8-12-4-2-3-5-16(12)17(19-13)20-10-14-6-7-15(11-20)21-14/h2-5,8,14-15,18H,6-7,9-11H2,1H3. The summed E-state index contributed by atoms with van der Waals surface area (Å²) in [6.07, 6.45) is 3.15. The Bertz CT molecular complexity index is 646. The lowest BCUT2D eigenvalue weighted by molar-refractivity contribution is 0.0303. The van der Waals surface area contributed by atoms with Crippen molar-refractivity contribution in [2.45, 2.75) is 31.6 Å². The number of fused-ring (bicyclic) bond motifs is 3. The van der Waals surface area contributed by atoms with E-state index in [1.807, 2.05) is 7.05 Å². The van der Waals surface area contributed by atoms with E-state index in [0.717, 1.165) is 31.1 Å². The van der Waals surface area contributed by atoms with Crippen LogP contribution in [0.25, 0.3) is 10.8 Å². The van der Waals surface area contributed by atoms with Crippen LogP contribution >= 0.6 is 0 Å². The van der Waals surface area contributed by atoms with Crippen molar-refractivity contribution >= 4 is 16.6 Å². The van der Waals surface area contributed by atoms with Crippen molar-refractivity contribution in [3.05, 3.63) is 36.0 Å². The highest BCUT2D eigenvalue weighted by Gasteiger charge is 2.34. The Balaban J connectivity index is 1.78. The van der Waals surface area contributed by atoms with Crippen molar-refractivity contribution in [1.29, 1.82) is 0 Å². The van der Waals surface area contributed by atoms with Crippen molar-refractivity contribution < 1.29 is 4.74 Å². The second-order valence-corrected chi connectivity index (χ2v) is 6.05. The van der Waals surface area contributed by atoms with Gasteiger partial charge in [-0.1, -0.05) is 24.3 Å². The lowest BCUT2D eigenvalue weighted by atomic mass is 10.1. The van der Waals surface area contributed by atoms with Crippen molar-refractivity contribution in [2.24, 2.45) is 0 Å². The first-order chi connectivity index (χ1) is 10.3. The minimum Gasteiger partial charge on any atom is -0.371 e. The molecule has 110 valence electrons. The van der Waals surface area contributed by atoms with Gasteiger partial charge in [0, 0.05) is 25.0 Å². The van der Waals surface area contributed by atoms with Crippen LogP contribution in [-0.4, -0.2) is 37.3 Å². The summed E-state index contributed by atoms with van der Waals surface area (Å²) >= 11 is 0. The van der Waals surface area contributed by atoms with E-state index in [-0.39, 0.29) is 0 Å². The van der Waals surface area contributed by atoms with E-state index < -0.39 is 0 Å². The summed E-state index contributed by atoms with van der Waals surface area (Å²) in [5.41, 5.74) is 1.10. The predicted molar refractivity (Wildman–Crippen MR) is 84.6 cm³/mol. The molecule has 3 heterocycles. The van der Waals surface area contributed by atoms with E-state index in [1.54, 1.807) is 0 Å². The molecule has 21 heavy (non-hydrogen) atoms. The van der Waals surface area contributed by atoms with E-state index in [9.17, 15) is 0 Å². The molecule has 0 saturated carbocycles. The maximum atomic E-state index is 5.96. The van der Waals surface area contributed by atoms with Crippen LogP contribution in [-0.2, 0) is 11.3 Å². The van der Waals surface area contributed by atoms with Crippen LogP contribution in [0, 0.1) is 0 Å². The lowest BCUT2D eigenvalue weighted by Gasteiger charge is -2.34. The number of morpholine rings is 1. The van der Waals surface area contributed by atoms with Gasteiger partial charge in [0.15, 0.2) is 0 Å². The molecule has 4 rings (SSSR count). The van der Waals surface area contributed by atoms with Gasteiger partial charge in [-0.3, -0.25) is 0 Å². The third-order valence-corrected chi connectivity index (χ3v) is 4.47. The highest BCUT2D eigenvalue weighted by Crippen LogP contribution is 2.32. The first-order valence-corrected chi connectivity index (χ1v) is 7.77. The molecule has 4 nitrogen and oxygen atoms in total. The predicted octanol–water partition coefficient (Wildman–Crippen LogP) is 2.32. The zero-order chi connectivity index (χ0) is 14.2. The fourth-order valence-corrected chi connectivity index (χ4v) is 3.54. The summed E-state index contributed by atoms with van der Waals surface area (Å²) in [6.45, 7) is 2.74. The molecule has 2 aliphatic rings. The third-order valence-electron chi connectivity index (χ3n) is 4.47. The van der Waals surface area contributed by atoms with E-state index in [4.69, 9.17) is 9.72 Å². The molecular formula is C17H21N3O. The maximum absolute atomic E-state index is 5.96. The summed E-state index contributed by atoms with van der Waals surface area (Å²) in [5.74, 6) is 1.12. The smallest absolute Gasteiger partial charge is 0.136 e. The molecule has 2 aromatic rings. The first-order valence-electron chi connectivity index (χ1n) is 7.77. The van der Waals surface area contributed by atoms with Crippen LogP contribution in [0.3, 0.4) is 0 Å². The fraction of sp³-hybridized carbons (Fsp3) is 0.471. The molecule has 2 unspecified atom stereocenters. The highest BCUT2D eigenvalue weighted by molar-refractivity contribution is 5.92. The minimum atomic E-state index is 0.386. The largest absolute Gasteiger partial charge is 0.371 e. The Labute approximate surface area is 125 Å². The van der Waals surface area contributed by atoms with Gasteiger partial charge in [0.1, 0.15) is 5.82 Å². The van der Waals surface area contributed by atoms with E-state index in [1.165, 1.54) is 23.6 Å². The monoisotopic (exact) mass is 283 g/mol. The zero-order valence-electron chi connectivity index (χ0n) is 12.4. The quantitative estimate of drug-likeness (QED) is 0.938. The topological polar surface area (TPSA) is 37.4 Å². The van der Waals surface area contributed by atoms with Gasteiger partial charge in [-0.25, -0.2) is 4.98 Å². The number of hydrogen-bond acceptors (Lipinski definition) is 4.